The minimum absolute atomic E-state index is 0.0239. The Labute approximate surface area is 174 Å². The topological polar surface area (TPSA) is 67.9 Å². The molecular formula is C23H36N2O4. The minimum Gasteiger partial charge on any atom is -0.484 e. The van der Waals surface area contributed by atoms with E-state index in [0.29, 0.717) is 24.5 Å². The van der Waals surface area contributed by atoms with Crippen molar-refractivity contribution in [1.29, 1.82) is 0 Å². The lowest BCUT2D eigenvalue weighted by Gasteiger charge is -2.28. The molecule has 0 saturated carbocycles. The van der Waals surface area contributed by atoms with Crippen LogP contribution in [0.15, 0.2) is 24.3 Å². The monoisotopic (exact) mass is 404 g/mol. The van der Waals surface area contributed by atoms with Crippen molar-refractivity contribution in [2.75, 3.05) is 31.6 Å². The summed E-state index contributed by atoms with van der Waals surface area (Å²) in [5, 5.41) is 2.96. The minimum atomic E-state index is -0.831. The van der Waals surface area contributed by atoms with Gasteiger partial charge in [0, 0.05) is 25.4 Å². The highest BCUT2D eigenvalue weighted by molar-refractivity contribution is 5.97. The molecule has 2 amide bonds. The van der Waals surface area contributed by atoms with Crippen LogP contribution < -0.4 is 10.1 Å². The van der Waals surface area contributed by atoms with Gasteiger partial charge in [0.15, 0.2) is 6.61 Å². The molecule has 1 atom stereocenters. The third kappa shape index (κ3) is 7.35. The summed E-state index contributed by atoms with van der Waals surface area (Å²) in [5.74, 6) is 0.513. The Bertz CT molecular complexity index is 641. The van der Waals surface area contributed by atoms with Gasteiger partial charge in [-0.05, 0) is 56.9 Å². The summed E-state index contributed by atoms with van der Waals surface area (Å²) >= 11 is 0. The molecule has 1 saturated heterocycles. The van der Waals surface area contributed by atoms with Gasteiger partial charge < -0.3 is 19.7 Å². The molecule has 1 aliphatic rings. The molecule has 0 spiro atoms. The number of likely N-dealkylation sites (tertiary alicyclic amines) is 1. The number of unbranched alkanes of at least 4 members (excludes halogenated alkanes) is 2. The van der Waals surface area contributed by atoms with Crippen molar-refractivity contribution < 1.29 is 19.1 Å². The SMILES string of the molecule is CCCCC[C@](C)(OCCC)C(=O)Nc1ccc(OCC(=O)N2CCCC2)cc1. The maximum Gasteiger partial charge on any atom is 0.260 e. The largest absolute Gasteiger partial charge is 0.484 e. The van der Waals surface area contributed by atoms with Crippen molar-refractivity contribution in [1.82, 2.24) is 4.90 Å². The number of ether oxygens (including phenoxy) is 2. The van der Waals surface area contributed by atoms with Gasteiger partial charge in [0.2, 0.25) is 0 Å². The van der Waals surface area contributed by atoms with E-state index in [4.69, 9.17) is 9.47 Å². The highest BCUT2D eigenvalue weighted by Gasteiger charge is 2.33. The molecule has 162 valence electrons. The van der Waals surface area contributed by atoms with Crippen molar-refractivity contribution >= 4 is 17.5 Å². The Morgan fingerprint density at radius 2 is 1.76 bits per heavy atom. The molecule has 0 unspecified atom stereocenters. The third-order valence-corrected chi connectivity index (χ3v) is 5.30. The average molecular weight is 405 g/mol. The number of rotatable bonds is 12. The van der Waals surface area contributed by atoms with Crippen LogP contribution in [-0.2, 0) is 14.3 Å². The zero-order valence-electron chi connectivity index (χ0n) is 18.2. The van der Waals surface area contributed by atoms with Crippen LogP contribution in [-0.4, -0.2) is 48.6 Å². The maximum absolute atomic E-state index is 12.9. The van der Waals surface area contributed by atoms with Crippen LogP contribution in [0.3, 0.4) is 0 Å². The second-order valence-electron chi connectivity index (χ2n) is 7.89. The van der Waals surface area contributed by atoms with E-state index in [1.54, 1.807) is 24.3 Å². The van der Waals surface area contributed by atoms with E-state index >= 15 is 0 Å². The summed E-state index contributed by atoms with van der Waals surface area (Å²) in [7, 11) is 0. The second kappa shape index (κ2) is 11.8. The molecule has 2 rings (SSSR count). The van der Waals surface area contributed by atoms with Crippen molar-refractivity contribution in [3.8, 4) is 5.75 Å². The highest BCUT2D eigenvalue weighted by atomic mass is 16.5. The average Bonchev–Trinajstić information content (AvgIpc) is 3.26. The van der Waals surface area contributed by atoms with Gasteiger partial charge in [0.25, 0.3) is 11.8 Å². The first-order valence-electron chi connectivity index (χ1n) is 10.9. The Kier molecular flexibility index (Phi) is 9.45. The van der Waals surface area contributed by atoms with Crippen LogP contribution >= 0.6 is 0 Å². The number of benzene rings is 1. The van der Waals surface area contributed by atoms with E-state index in [1.165, 1.54) is 0 Å². The zero-order chi connectivity index (χ0) is 21.1. The lowest BCUT2D eigenvalue weighted by molar-refractivity contribution is -0.140. The van der Waals surface area contributed by atoms with Gasteiger partial charge in [-0.1, -0.05) is 33.1 Å². The molecule has 1 heterocycles. The van der Waals surface area contributed by atoms with Crippen LogP contribution in [0.5, 0.6) is 5.75 Å². The van der Waals surface area contributed by atoms with Crippen LogP contribution in [0, 0.1) is 0 Å². The van der Waals surface area contributed by atoms with E-state index in [0.717, 1.165) is 51.6 Å². The molecule has 6 nitrogen and oxygen atoms in total. The summed E-state index contributed by atoms with van der Waals surface area (Å²) in [6, 6.07) is 7.13. The van der Waals surface area contributed by atoms with Crippen LogP contribution in [0.25, 0.3) is 0 Å². The van der Waals surface area contributed by atoms with Crippen molar-refractivity contribution in [3.63, 3.8) is 0 Å². The Morgan fingerprint density at radius 1 is 1.07 bits per heavy atom. The number of nitrogens with one attached hydrogen (secondary N) is 1. The fraction of sp³-hybridized carbons (Fsp3) is 0.652. The van der Waals surface area contributed by atoms with E-state index < -0.39 is 5.60 Å². The molecule has 0 aliphatic carbocycles. The number of carbonyl (C=O) groups excluding carboxylic acids is 2. The van der Waals surface area contributed by atoms with Gasteiger partial charge in [-0.15, -0.1) is 0 Å². The van der Waals surface area contributed by atoms with Gasteiger partial charge in [-0.3, -0.25) is 9.59 Å². The van der Waals surface area contributed by atoms with E-state index in [-0.39, 0.29) is 18.4 Å². The molecule has 0 radical (unpaired) electrons. The number of hydrogen-bond donors (Lipinski definition) is 1. The number of hydrogen-bond acceptors (Lipinski definition) is 4. The standard InChI is InChI=1S/C23H36N2O4/c1-4-6-7-14-23(3,29-17-5-2)22(27)24-19-10-12-20(13-11-19)28-18-21(26)25-15-8-9-16-25/h10-13H,4-9,14-18H2,1-3H3,(H,24,27)/t23-/m0/s1. The maximum atomic E-state index is 12.9. The van der Waals surface area contributed by atoms with Crippen molar-refractivity contribution in [2.24, 2.45) is 0 Å². The zero-order valence-corrected chi connectivity index (χ0v) is 18.2. The van der Waals surface area contributed by atoms with Crippen LogP contribution in [0.2, 0.25) is 0 Å². The molecule has 0 aromatic heterocycles. The van der Waals surface area contributed by atoms with Gasteiger partial charge in [0.1, 0.15) is 11.4 Å². The molecule has 6 heteroatoms. The fourth-order valence-corrected chi connectivity index (χ4v) is 3.39. The number of nitrogens with zero attached hydrogens (tertiary/aromatic N) is 1. The van der Waals surface area contributed by atoms with Gasteiger partial charge in [0.05, 0.1) is 0 Å². The lowest BCUT2D eigenvalue weighted by atomic mass is 9.96. The number of anilines is 1. The molecule has 0 bridgehead atoms. The predicted octanol–water partition coefficient (Wildman–Crippen LogP) is 4.39. The fourth-order valence-electron chi connectivity index (χ4n) is 3.39. The quantitative estimate of drug-likeness (QED) is 0.525. The highest BCUT2D eigenvalue weighted by Crippen LogP contribution is 2.24. The molecule has 1 N–H and O–H groups in total. The lowest BCUT2D eigenvalue weighted by Crippen LogP contribution is -2.43. The number of amides is 2. The Hall–Kier alpha value is -2.08. The van der Waals surface area contributed by atoms with E-state index in [1.807, 2.05) is 18.7 Å². The van der Waals surface area contributed by atoms with Crippen molar-refractivity contribution in [3.05, 3.63) is 24.3 Å². The van der Waals surface area contributed by atoms with Crippen LogP contribution in [0.4, 0.5) is 5.69 Å². The van der Waals surface area contributed by atoms with Gasteiger partial charge in [-0.25, -0.2) is 0 Å². The molecule has 29 heavy (non-hydrogen) atoms. The van der Waals surface area contributed by atoms with E-state index in [9.17, 15) is 9.59 Å². The summed E-state index contributed by atoms with van der Waals surface area (Å²) in [6.07, 6.45) is 6.86. The van der Waals surface area contributed by atoms with Gasteiger partial charge in [-0.2, -0.15) is 0 Å². The molecule has 1 aliphatic heterocycles. The van der Waals surface area contributed by atoms with Gasteiger partial charge >= 0.3 is 0 Å². The first-order chi connectivity index (χ1) is 14.0. The normalized spacial score (nSPS) is 15.8. The first-order valence-corrected chi connectivity index (χ1v) is 10.9. The predicted molar refractivity (Wildman–Crippen MR) is 115 cm³/mol. The van der Waals surface area contributed by atoms with Crippen molar-refractivity contribution in [2.45, 2.75) is 71.3 Å². The number of carbonyl (C=O) groups is 2. The third-order valence-electron chi connectivity index (χ3n) is 5.30. The molecule has 1 aromatic rings. The van der Waals surface area contributed by atoms with Crippen LogP contribution in [0.1, 0.15) is 65.7 Å². The summed E-state index contributed by atoms with van der Waals surface area (Å²) < 4.78 is 11.5. The molecule has 1 fully saturated rings. The summed E-state index contributed by atoms with van der Waals surface area (Å²) in [4.78, 5) is 26.8. The first kappa shape index (κ1) is 23.2. The molecule has 1 aromatic carbocycles. The summed E-state index contributed by atoms with van der Waals surface area (Å²) in [6.45, 7) is 8.31. The Morgan fingerprint density at radius 3 is 2.38 bits per heavy atom. The second-order valence-corrected chi connectivity index (χ2v) is 7.89. The smallest absolute Gasteiger partial charge is 0.260 e. The molecular weight excluding hydrogens is 368 g/mol. The summed E-state index contributed by atoms with van der Waals surface area (Å²) in [5.41, 5.74) is -0.141. The Balaban J connectivity index is 1.88. The van der Waals surface area contributed by atoms with E-state index in [2.05, 4.69) is 12.2 Å².